The van der Waals surface area contributed by atoms with Gasteiger partial charge in [0.05, 0.1) is 5.56 Å². The molecule has 3 rings (SSSR count). The second-order valence-electron chi connectivity index (χ2n) is 5.38. The van der Waals surface area contributed by atoms with E-state index in [-0.39, 0.29) is 30.6 Å². The number of benzene rings is 2. The first-order chi connectivity index (χ1) is 12.6. The quantitative estimate of drug-likeness (QED) is 0.674. The molecule has 1 aromatic heterocycles. The molecule has 0 atom stereocenters. The van der Waals surface area contributed by atoms with Crippen LogP contribution in [0.3, 0.4) is 0 Å². The summed E-state index contributed by atoms with van der Waals surface area (Å²) in [5.41, 5.74) is 1.35. The summed E-state index contributed by atoms with van der Waals surface area (Å²) in [6, 6.07) is 14.6. The maximum atomic E-state index is 13.1. The Bertz CT molecular complexity index is 912. The lowest BCUT2D eigenvalue weighted by atomic mass is 10.2. The molecule has 0 radical (unpaired) electrons. The molecule has 2 aromatic carbocycles. The molecule has 1 heterocycles. The highest BCUT2D eigenvalue weighted by atomic mass is 32.1. The molecule has 26 heavy (non-hydrogen) atoms. The van der Waals surface area contributed by atoms with Crippen molar-refractivity contribution >= 4 is 23.2 Å². The van der Waals surface area contributed by atoms with Crippen LogP contribution in [0.25, 0.3) is 0 Å². The summed E-state index contributed by atoms with van der Waals surface area (Å²) in [7, 11) is 0. The van der Waals surface area contributed by atoms with Crippen LogP contribution in [0.5, 0.6) is 0 Å². The van der Waals surface area contributed by atoms with Crippen LogP contribution in [-0.2, 0) is 17.9 Å². The maximum absolute atomic E-state index is 13.1. The molecule has 1 N–H and O–H groups in total. The lowest BCUT2D eigenvalue weighted by Gasteiger charge is -2.04. The molecular weight excluding hydrogens is 355 g/mol. The fourth-order valence-electron chi connectivity index (χ4n) is 2.19. The molecule has 0 bridgehead atoms. The van der Waals surface area contributed by atoms with Crippen molar-refractivity contribution in [3.05, 3.63) is 87.6 Å². The Labute approximate surface area is 153 Å². The number of aromatic nitrogens is 1. The van der Waals surface area contributed by atoms with E-state index in [0.717, 1.165) is 0 Å². The topological polar surface area (TPSA) is 68.3 Å². The normalized spacial score (nSPS) is 10.3. The van der Waals surface area contributed by atoms with Crippen LogP contribution in [0.15, 0.2) is 60.0 Å². The van der Waals surface area contributed by atoms with Gasteiger partial charge in [0.1, 0.15) is 23.1 Å². The van der Waals surface area contributed by atoms with E-state index in [1.807, 2.05) is 6.07 Å². The summed E-state index contributed by atoms with van der Waals surface area (Å²) in [5.74, 6) is -1.17. The predicted molar refractivity (Wildman–Crippen MR) is 95.2 cm³/mol. The van der Waals surface area contributed by atoms with Gasteiger partial charge < -0.3 is 10.1 Å². The van der Waals surface area contributed by atoms with Crippen molar-refractivity contribution in [3.8, 4) is 0 Å². The molecule has 1 amide bonds. The Morgan fingerprint density at radius 3 is 2.69 bits per heavy atom. The average Bonchev–Trinajstić information content (AvgIpc) is 3.14. The second-order valence-corrected chi connectivity index (χ2v) is 6.32. The van der Waals surface area contributed by atoms with Crippen molar-refractivity contribution < 1.29 is 18.7 Å². The number of hydrogen-bond acceptors (Lipinski definition) is 5. The number of thiazole rings is 1. The minimum Gasteiger partial charge on any atom is -0.455 e. The van der Waals surface area contributed by atoms with E-state index in [1.165, 1.54) is 23.5 Å². The maximum Gasteiger partial charge on any atom is 0.338 e. The molecule has 0 unspecified atom stereocenters. The highest BCUT2D eigenvalue weighted by Crippen LogP contribution is 2.13. The van der Waals surface area contributed by atoms with Gasteiger partial charge in [0, 0.05) is 11.9 Å². The molecule has 0 saturated carbocycles. The van der Waals surface area contributed by atoms with Crippen LogP contribution in [-0.4, -0.2) is 16.9 Å². The van der Waals surface area contributed by atoms with Crippen LogP contribution >= 0.6 is 11.3 Å². The van der Waals surface area contributed by atoms with Gasteiger partial charge in [-0.05, 0) is 29.8 Å². The Morgan fingerprint density at radius 2 is 1.92 bits per heavy atom. The van der Waals surface area contributed by atoms with Gasteiger partial charge in [0.25, 0.3) is 5.91 Å². The number of esters is 1. The molecule has 0 aliphatic heterocycles. The number of nitrogens with zero attached hydrogens (tertiary/aromatic N) is 1. The number of carbonyl (C=O) groups is 2. The van der Waals surface area contributed by atoms with Crippen molar-refractivity contribution in [1.29, 1.82) is 0 Å². The van der Waals surface area contributed by atoms with Gasteiger partial charge in [-0.1, -0.05) is 30.3 Å². The highest BCUT2D eigenvalue weighted by molar-refractivity contribution is 7.09. The molecule has 5 nitrogen and oxygen atoms in total. The Balaban J connectivity index is 1.52. The van der Waals surface area contributed by atoms with Gasteiger partial charge in [0.15, 0.2) is 0 Å². The zero-order chi connectivity index (χ0) is 18.4. The number of halogens is 1. The predicted octanol–water partition coefficient (Wildman–Crippen LogP) is 3.57. The fraction of sp³-hybridized carbons (Fsp3) is 0.105. The van der Waals surface area contributed by atoms with E-state index in [4.69, 9.17) is 4.74 Å². The number of rotatable bonds is 6. The zero-order valence-electron chi connectivity index (χ0n) is 13.6. The first-order valence-electron chi connectivity index (χ1n) is 7.81. The van der Waals surface area contributed by atoms with Crippen molar-refractivity contribution in [2.45, 2.75) is 13.2 Å². The fourth-order valence-corrected chi connectivity index (χ4v) is 2.87. The second kappa shape index (κ2) is 8.35. The largest absolute Gasteiger partial charge is 0.455 e. The SMILES string of the molecule is O=C(OCc1nc(C(=O)NCc2cccc(F)c2)cs1)c1ccccc1. The minimum absolute atomic E-state index is 0.00439. The van der Waals surface area contributed by atoms with Crippen LogP contribution < -0.4 is 5.32 Å². The molecule has 0 spiro atoms. The molecule has 0 fully saturated rings. The van der Waals surface area contributed by atoms with Crippen molar-refractivity contribution in [2.75, 3.05) is 0 Å². The molecule has 0 saturated heterocycles. The molecule has 132 valence electrons. The lowest BCUT2D eigenvalue weighted by Crippen LogP contribution is -2.23. The third-order valence-corrected chi connectivity index (χ3v) is 4.29. The average molecular weight is 370 g/mol. The zero-order valence-corrected chi connectivity index (χ0v) is 14.5. The monoisotopic (exact) mass is 370 g/mol. The van der Waals surface area contributed by atoms with E-state index < -0.39 is 5.97 Å². The Hall–Kier alpha value is -3.06. The van der Waals surface area contributed by atoms with Crippen molar-refractivity contribution in [2.24, 2.45) is 0 Å². The van der Waals surface area contributed by atoms with E-state index in [0.29, 0.717) is 16.1 Å². The Morgan fingerprint density at radius 1 is 1.12 bits per heavy atom. The smallest absolute Gasteiger partial charge is 0.338 e. The molecule has 0 aliphatic rings. The third-order valence-electron chi connectivity index (χ3n) is 3.46. The standard InChI is InChI=1S/C19H15FN2O3S/c20-15-8-4-5-13(9-15)10-21-18(23)16-12-26-17(22-16)11-25-19(24)14-6-2-1-3-7-14/h1-9,12H,10-11H2,(H,21,23). The highest BCUT2D eigenvalue weighted by Gasteiger charge is 2.13. The first kappa shape index (κ1) is 17.8. The van der Waals surface area contributed by atoms with Gasteiger partial charge in [-0.2, -0.15) is 0 Å². The molecule has 0 aliphatic carbocycles. The van der Waals surface area contributed by atoms with Crippen molar-refractivity contribution in [3.63, 3.8) is 0 Å². The van der Waals surface area contributed by atoms with E-state index >= 15 is 0 Å². The van der Waals surface area contributed by atoms with Gasteiger partial charge >= 0.3 is 5.97 Å². The van der Waals surface area contributed by atoms with Crippen LogP contribution in [0.1, 0.15) is 31.4 Å². The summed E-state index contributed by atoms with van der Waals surface area (Å²) in [4.78, 5) is 28.2. The van der Waals surface area contributed by atoms with Gasteiger partial charge in [-0.3, -0.25) is 4.79 Å². The number of hydrogen-bond donors (Lipinski definition) is 1. The number of amides is 1. The number of carbonyl (C=O) groups excluding carboxylic acids is 2. The summed E-state index contributed by atoms with van der Waals surface area (Å²) in [5, 5.41) is 4.79. The molecular formula is C19H15FN2O3S. The van der Waals surface area contributed by atoms with E-state index in [2.05, 4.69) is 10.3 Å². The first-order valence-corrected chi connectivity index (χ1v) is 8.69. The number of ether oxygens (including phenoxy) is 1. The van der Waals surface area contributed by atoms with Gasteiger partial charge in [-0.25, -0.2) is 14.2 Å². The Kier molecular flexibility index (Phi) is 5.70. The molecule has 7 heteroatoms. The van der Waals surface area contributed by atoms with Crippen LogP contribution in [0, 0.1) is 5.82 Å². The minimum atomic E-state index is -0.446. The van der Waals surface area contributed by atoms with Crippen LogP contribution in [0.4, 0.5) is 4.39 Å². The van der Waals surface area contributed by atoms with E-state index in [9.17, 15) is 14.0 Å². The third kappa shape index (κ3) is 4.73. The van der Waals surface area contributed by atoms with Gasteiger partial charge in [-0.15, -0.1) is 11.3 Å². The van der Waals surface area contributed by atoms with Crippen LogP contribution in [0.2, 0.25) is 0 Å². The van der Waals surface area contributed by atoms with Crippen molar-refractivity contribution in [1.82, 2.24) is 10.3 Å². The van der Waals surface area contributed by atoms with Gasteiger partial charge in [0.2, 0.25) is 0 Å². The summed E-state index contributed by atoms with van der Waals surface area (Å²) < 4.78 is 18.3. The number of nitrogens with one attached hydrogen (secondary N) is 1. The lowest BCUT2D eigenvalue weighted by molar-refractivity contribution is 0.0472. The van der Waals surface area contributed by atoms with E-state index in [1.54, 1.807) is 41.8 Å². The summed E-state index contributed by atoms with van der Waals surface area (Å²) in [6.45, 7) is 0.196. The summed E-state index contributed by atoms with van der Waals surface area (Å²) >= 11 is 1.23. The summed E-state index contributed by atoms with van der Waals surface area (Å²) in [6.07, 6.45) is 0. The molecule has 3 aromatic rings.